The molecule has 0 N–H and O–H groups in total. The first kappa shape index (κ1) is 18.4. The summed E-state index contributed by atoms with van der Waals surface area (Å²) in [6.45, 7) is 12.8. The number of Topliss-reactive ketones (excluding diaryl/α,β-unsaturated/α-hetero) is 1. The molecule has 0 aromatic heterocycles. The molecule has 1 saturated heterocycles. The molecule has 1 heterocycles. The molecule has 2 unspecified atom stereocenters. The fourth-order valence-electron chi connectivity index (χ4n) is 2.83. The van der Waals surface area contributed by atoms with E-state index < -0.39 is 0 Å². The van der Waals surface area contributed by atoms with Crippen LogP contribution in [0.4, 0.5) is 0 Å². The van der Waals surface area contributed by atoms with Gasteiger partial charge in [-0.3, -0.25) is 9.59 Å². The Morgan fingerprint density at radius 2 is 1.86 bits per heavy atom. The Kier molecular flexibility index (Phi) is 5.93. The minimum atomic E-state index is -0.242. The summed E-state index contributed by atoms with van der Waals surface area (Å²) in [6.07, 6.45) is 2.55. The summed E-state index contributed by atoms with van der Waals surface area (Å²) < 4.78 is 0. The van der Waals surface area contributed by atoms with Crippen molar-refractivity contribution in [1.29, 1.82) is 5.26 Å². The fraction of sp³-hybridized carbons (Fsp3) is 0.722. The minimum absolute atomic E-state index is 0.111. The van der Waals surface area contributed by atoms with Gasteiger partial charge in [0.2, 0.25) is 0 Å². The van der Waals surface area contributed by atoms with Gasteiger partial charge in [-0.25, -0.2) is 0 Å². The van der Waals surface area contributed by atoms with E-state index in [1.807, 2.05) is 26.8 Å². The van der Waals surface area contributed by atoms with Crippen LogP contribution in [0.25, 0.3) is 0 Å². The standard InChI is InChI=1S/C18H28N2O2/c1-12(2)14-7-15(13(3)21)11-20(10-14)17(22)16(9-19)8-18(4,5)6/h8,12,14-15H,7,10-11H2,1-6H3/b16-8+. The Balaban J connectivity index is 3.02. The van der Waals surface area contributed by atoms with Gasteiger partial charge in [-0.15, -0.1) is 0 Å². The van der Waals surface area contributed by atoms with Crippen molar-refractivity contribution in [2.75, 3.05) is 13.1 Å². The van der Waals surface area contributed by atoms with Crippen LogP contribution in [0.15, 0.2) is 11.6 Å². The van der Waals surface area contributed by atoms with E-state index >= 15 is 0 Å². The molecule has 0 radical (unpaired) electrons. The molecular formula is C18H28N2O2. The van der Waals surface area contributed by atoms with Gasteiger partial charge in [0.25, 0.3) is 5.91 Å². The molecule has 0 aliphatic carbocycles. The third-order valence-corrected chi connectivity index (χ3v) is 4.22. The zero-order valence-corrected chi connectivity index (χ0v) is 14.6. The normalized spacial score (nSPS) is 23.4. The molecule has 0 aromatic rings. The Morgan fingerprint density at radius 1 is 1.27 bits per heavy atom. The number of piperidine rings is 1. The topological polar surface area (TPSA) is 61.2 Å². The lowest BCUT2D eigenvalue weighted by Crippen LogP contribution is -2.47. The van der Waals surface area contributed by atoms with Crippen LogP contribution in [0.2, 0.25) is 0 Å². The summed E-state index contributed by atoms with van der Waals surface area (Å²) in [5.41, 5.74) is -0.0484. The molecule has 1 aliphatic heterocycles. The highest BCUT2D eigenvalue weighted by Crippen LogP contribution is 2.29. The molecule has 1 rings (SSSR count). The zero-order valence-electron chi connectivity index (χ0n) is 14.6. The summed E-state index contributed by atoms with van der Waals surface area (Å²) in [5, 5.41) is 9.31. The zero-order chi connectivity index (χ0) is 17.1. The number of ketones is 1. The lowest BCUT2D eigenvalue weighted by molar-refractivity contribution is -0.133. The highest BCUT2D eigenvalue weighted by Gasteiger charge is 2.34. The predicted octanol–water partition coefficient (Wildman–Crippen LogP) is 3.19. The van der Waals surface area contributed by atoms with Gasteiger partial charge in [0.15, 0.2) is 0 Å². The molecule has 122 valence electrons. The molecule has 1 amide bonds. The van der Waals surface area contributed by atoms with Gasteiger partial charge in [0, 0.05) is 19.0 Å². The van der Waals surface area contributed by atoms with Crippen LogP contribution in [0.5, 0.6) is 0 Å². The van der Waals surface area contributed by atoms with E-state index in [1.165, 1.54) is 0 Å². The molecule has 4 nitrogen and oxygen atoms in total. The van der Waals surface area contributed by atoms with Crippen LogP contribution < -0.4 is 0 Å². The van der Waals surface area contributed by atoms with E-state index in [0.717, 1.165) is 6.42 Å². The van der Waals surface area contributed by atoms with Gasteiger partial charge in [-0.2, -0.15) is 5.26 Å². The summed E-state index contributed by atoms with van der Waals surface area (Å²) >= 11 is 0. The van der Waals surface area contributed by atoms with Gasteiger partial charge in [-0.05, 0) is 30.6 Å². The molecule has 22 heavy (non-hydrogen) atoms. The molecule has 0 aromatic carbocycles. The van der Waals surface area contributed by atoms with Gasteiger partial charge in [0.1, 0.15) is 17.4 Å². The van der Waals surface area contributed by atoms with Crippen molar-refractivity contribution in [3.63, 3.8) is 0 Å². The SMILES string of the molecule is CC(=O)C1CC(C(C)C)CN(C(=O)/C(C#N)=C/C(C)(C)C)C1. The van der Waals surface area contributed by atoms with E-state index in [-0.39, 0.29) is 28.6 Å². The van der Waals surface area contributed by atoms with Gasteiger partial charge in [0.05, 0.1) is 0 Å². The van der Waals surface area contributed by atoms with E-state index in [0.29, 0.717) is 24.9 Å². The predicted molar refractivity (Wildman–Crippen MR) is 86.8 cm³/mol. The Bertz CT molecular complexity index is 506. The fourth-order valence-corrected chi connectivity index (χ4v) is 2.83. The van der Waals surface area contributed by atoms with E-state index in [1.54, 1.807) is 17.9 Å². The number of rotatable bonds is 3. The van der Waals surface area contributed by atoms with Gasteiger partial charge in [-0.1, -0.05) is 40.7 Å². The molecule has 0 spiro atoms. The Hall–Kier alpha value is -1.63. The molecule has 4 heteroatoms. The largest absolute Gasteiger partial charge is 0.337 e. The van der Waals surface area contributed by atoms with Gasteiger partial charge >= 0.3 is 0 Å². The van der Waals surface area contributed by atoms with Crippen molar-refractivity contribution in [2.45, 2.75) is 48.0 Å². The van der Waals surface area contributed by atoms with Crippen molar-refractivity contribution in [1.82, 2.24) is 4.90 Å². The lowest BCUT2D eigenvalue weighted by Gasteiger charge is -2.38. The number of nitrogens with zero attached hydrogens (tertiary/aromatic N) is 2. The number of nitriles is 1. The number of likely N-dealkylation sites (tertiary alicyclic amines) is 1. The smallest absolute Gasteiger partial charge is 0.264 e. The van der Waals surface area contributed by atoms with Crippen LogP contribution in [0.3, 0.4) is 0 Å². The van der Waals surface area contributed by atoms with Crippen LogP contribution >= 0.6 is 0 Å². The summed E-state index contributed by atoms with van der Waals surface area (Å²) in [7, 11) is 0. The Morgan fingerprint density at radius 3 is 2.27 bits per heavy atom. The van der Waals surface area contributed by atoms with Crippen LogP contribution in [0.1, 0.15) is 48.0 Å². The van der Waals surface area contributed by atoms with Crippen molar-refractivity contribution in [2.24, 2.45) is 23.2 Å². The highest BCUT2D eigenvalue weighted by atomic mass is 16.2. The second-order valence-corrected chi connectivity index (χ2v) is 7.79. The van der Waals surface area contributed by atoms with E-state index in [2.05, 4.69) is 13.8 Å². The first-order valence-corrected chi connectivity index (χ1v) is 7.97. The molecule has 0 saturated carbocycles. The summed E-state index contributed by atoms with van der Waals surface area (Å²) in [5.74, 6) is 0.492. The van der Waals surface area contributed by atoms with Crippen LogP contribution in [-0.2, 0) is 9.59 Å². The van der Waals surface area contributed by atoms with Crippen molar-refractivity contribution < 1.29 is 9.59 Å². The average Bonchev–Trinajstić information content (AvgIpc) is 2.42. The summed E-state index contributed by atoms with van der Waals surface area (Å²) in [4.78, 5) is 26.1. The lowest BCUT2D eigenvalue weighted by atomic mass is 9.80. The van der Waals surface area contributed by atoms with Crippen molar-refractivity contribution in [3.05, 3.63) is 11.6 Å². The second-order valence-electron chi connectivity index (χ2n) is 7.79. The van der Waals surface area contributed by atoms with Crippen LogP contribution in [-0.4, -0.2) is 29.7 Å². The molecule has 1 fully saturated rings. The number of allylic oxidation sites excluding steroid dienone is 1. The quantitative estimate of drug-likeness (QED) is 0.594. The summed E-state index contributed by atoms with van der Waals surface area (Å²) in [6, 6.07) is 2.03. The second kappa shape index (κ2) is 7.09. The van der Waals surface area contributed by atoms with E-state index in [4.69, 9.17) is 0 Å². The molecule has 2 atom stereocenters. The monoisotopic (exact) mass is 304 g/mol. The van der Waals surface area contributed by atoms with Crippen molar-refractivity contribution >= 4 is 11.7 Å². The molecular weight excluding hydrogens is 276 g/mol. The maximum atomic E-state index is 12.7. The number of carbonyl (C=O) groups is 2. The minimum Gasteiger partial charge on any atom is -0.337 e. The van der Waals surface area contributed by atoms with Crippen molar-refractivity contribution in [3.8, 4) is 6.07 Å². The van der Waals surface area contributed by atoms with Crippen LogP contribution in [0, 0.1) is 34.5 Å². The first-order chi connectivity index (χ1) is 10.0. The average molecular weight is 304 g/mol. The number of hydrogen-bond donors (Lipinski definition) is 0. The number of hydrogen-bond acceptors (Lipinski definition) is 3. The maximum absolute atomic E-state index is 12.7. The number of carbonyl (C=O) groups excluding carboxylic acids is 2. The first-order valence-electron chi connectivity index (χ1n) is 7.97. The Labute approximate surface area is 134 Å². The van der Waals surface area contributed by atoms with Gasteiger partial charge < -0.3 is 4.90 Å². The third kappa shape index (κ3) is 4.98. The maximum Gasteiger partial charge on any atom is 0.264 e. The number of amides is 1. The molecule has 0 bridgehead atoms. The highest BCUT2D eigenvalue weighted by molar-refractivity contribution is 5.97. The third-order valence-electron chi connectivity index (χ3n) is 4.22. The molecule has 1 aliphatic rings. The van der Waals surface area contributed by atoms with E-state index in [9.17, 15) is 14.9 Å².